The number of aryl methyl sites for hydroxylation is 1. The molecule has 100 valence electrons. The van der Waals surface area contributed by atoms with Gasteiger partial charge in [-0.3, -0.25) is 24.5 Å². The van der Waals surface area contributed by atoms with Gasteiger partial charge in [0.15, 0.2) is 0 Å². The van der Waals surface area contributed by atoms with Crippen LogP contribution in [0.4, 0.5) is 5.69 Å². The van der Waals surface area contributed by atoms with Gasteiger partial charge in [-0.05, 0) is 12.8 Å². The molecule has 0 saturated heterocycles. The summed E-state index contributed by atoms with van der Waals surface area (Å²) in [6, 6.07) is 0. The van der Waals surface area contributed by atoms with Gasteiger partial charge in [0.05, 0.1) is 11.1 Å². The van der Waals surface area contributed by atoms with Crippen LogP contribution in [0.3, 0.4) is 0 Å². The van der Waals surface area contributed by atoms with Crippen molar-refractivity contribution < 1.29 is 4.92 Å². The number of H-pyrrole nitrogens is 1. The van der Waals surface area contributed by atoms with Crippen molar-refractivity contribution in [2.45, 2.75) is 32.2 Å². The smallest absolute Gasteiger partial charge is 0.294 e. The molecule has 0 bridgehead atoms. The van der Waals surface area contributed by atoms with Gasteiger partial charge in [0.25, 0.3) is 0 Å². The van der Waals surface area contributed by atoms with Crippen molar-refractivity contribution in [3.05, 3.63) is 37.1 Å². The van der Waals surface area contributed by atoms with Crippen molar-refractivity contribution in [2.75, 3.05) is 5.88 Å². The number of hydrogen-bond acceptors (Lipinski definition) is 4. The van der Waals surface area contributed by atoms with Crippen LogP contribution >= 0.6 is 11.6 Å². The van der Waals surface area contributed by atoms with Crippen LogP contribution in [-0.4, -0.2) is 20.4 Å². The van der Waals surface area contributed by atoms with Gasteiger partial charge in [-0.25, -0.2) is 4.79 Å². The van der Waals surface area contributed by atoms with E-state index in [1.807, 2.05) is 4.98 Å². The standard InChI is InChI=1S/C10H14ClN3O4/c11-5-3-1-2-4-6-13-7-8(14(17)18)9(15)12-10(13)16/h7H,1-6H2,(H,12,15,16). The number of hydrogen-bond donors (Lipinski definition) is 1. The number of aromatic nitrogens is 2. The average molecular weight is 276 g/mol. The maximum Gasteiger partial charge on any atom is 0.350 e. The first-order chi connectivity index (χ1) is 8.56. The summed E-state index contributed by atoms with van der Waals surface area (Å²) in [5, 5.41) is 10.6. The lowest BCUT2D eigenvalue weighted by molar-refractivity contribution is -0.386. The molecule has 0 fully saturated rings. The molecule has 0 aliphatic carbocycles. The highest BCUT2D eigenvalue weighted by molar-refractivity contribution is 6.17. The third-order valence-corrected chi connectivity index (χ3v) is 2.74. The van der Waals surface area contributed by atoms with Crippen LogP contribution in [0, 0.1) is 10.1 Å². The Morgan fingerprint density at radius 3 is 2.56 bits per heavy atom. The quantitative estimate of drug-likeness (QED) is 0.350. The number of halogens is 1. The molecule has 0 saturated carbocycles. The van der Waals surface area contributed by atoms with E-state index in [9.17, 15) is 19.7 Å². The maximum absolute atomic E-state index is 11.4. The summed E-state index contributed by atoms with van der Waals surface area (Å²) < 4.78 is 1.15. The second-order valence-corrected chi connectivity index (χ2v) is 4.21. The summed E-state index contributed by atoms with van der Waals surface area (Å²) >= 11 is 5.53. The minimum atomic E-state index is -0.969. The first-order valence-electron chi connectivity index (χ1n) is 5.60. The van der Waals surface area contributed by atoms with Gasteiger partial charge in [-0.2, -0.15) is 0 Å². The summed E-state index contributed by atoms with van der Waals surface area (Å²) in [5.41, 5.74) is -2.21. The van der Waals surface area contributed by atoms with Crippen molar-refractivity contribution in [3.63, 3.8) is 0 Å². The van der Waals surface area contributed by atoms with Crippen molar-refractivity contribution in [2.24, 2.45) is 0 Å². The topological polar surface area (TPSA) is 98.0 Å². The molecule has 0 radical (unpaired) electrons. The van der Waals surface area contributed by atoms with Gasteiger partial charge in [0, 0.05) is 12.4 Å². The molecule has 1 aromatic rings. The zero-order valence-electron chi connectivity index (χ0n) is 9.73. The van der Waals surface area contributed by atoms with Crippen LogP contribution in [0.15, 0.2) is 15.8 Å². The summed E-state index contributed by atoms with van der Waals surface area (Å²) in [6.07, 6.45) is 4.43. The summed E-state index contributed by atoms with van der Waals surface area (Å²) in [7, 11) is 0. The van der Waals surface area contributed by atoms with E-state index in [4.69, 9.17) is 11.6 Å². The molecule has 0 unspecified atom stereocenters. The predicted octanol–water partition coefficient (Wildman–Crippen LogP) is 1.24. The molecule has 0 aliphatic rings. The molecule has 7 nitrogen and oxygen atoms in total. The number of aromatic amines is 1. The zero-order chi connectivity index (χ0) is 13.5. The Morgan fingerprint density at radius 2 is 1.94 bits per heavy atom. The van der Waals surface area contributed by atoms with E-state index in [0.717, 1.165) is 30.0 Å². The van der Waals surface area contributed by atoms with Crippen molar-refractivity contribution in [1.82, 2.24) is 9.55 Å². The predicted molar refractivity (Wildman–Crippen MR) is 67.2 cm³/mol. The number of nitro groups is 1. The zero-order valence-corrected chi connectivity index (χ0v) is 10.5. The SMILES string of the molecule is O=c1[nH]c(=O)n(CCCCCCCl)cc1[N+](=O)[O-]. The van der Waals surface area contributed by atoms with Crippen LogP contribution in [0.1, 0.15) is 25.7 Å². The minimum Gasteiger partial charge on any atom is -0.294 e. The van der Waals surface area contributed by atoms with Crippen LogP contribution in [-0.2, 0) is 6.54 Å². The van der Waals surface area contributed by atoms with Gasteiger partial charge in [0.2, 0.25) is 0 Å². The van der Waals surface area contributed by atoms with Crippen molar-refractivity contribution in [3.8, 4) is 0 Å². The van der Waals surface area contributed by atoms with Gasteiger partial charge < -0.3 is 0 Å². The fourth-order valence-electron chi connectivity index (χ4n) is 1.52. The molecule has 0 amide bonds. The molecule has 18 heavy (non-hydrogen) atoms. The van der Waals surface area contributed by atoms with Gasteiger partial charge in [-0.15, -0.1) is 11.6 Å². The molecule has 1 heterocycles. The number of unbranched alkanes of at least 4 members (excludes halogenated alkanes) is 3. The monoisotopic (exact) mass is 275 g/mol. The average Bonchev–Trinajstić information content (AvgIpc) is 2.30. The van der Waals surface area contributed by atoms with E-state index in [2.05, 4.69) is 0 Å². The molecular weight excluding hydrogens is 262 g/mol. The molecule has 0 aliphatic heterocycles. The Kier molecular flexibility index (Phi) is 5.57. The van der Waals surface area contributed by atoms with Crippen LogP contribution in [0.2, 0.25) is 0 Å². The Hall–Kier alpha value is -1.63. The highest BCUT2D eigenvalue weighted by atomic mass is 35.5. The van der Waals surface area contributed by atoms with E-state index >= 15 is 0 Å². The van der Waals surface area contributed by atoms with Gasteiger partial charge in [0.1, 0.15) is 0 Å². The number of nitrogens with zero attached hydrogens (tertiary/aromatic N) is 2. The fourth-order valence-corrected chi connectivity index (χ4v) is 1.71. The molecule has 1 rings (SSSR count). The van der Waals surface area contributed by atoms with Crippen LogP contribution < -0.4 is 11.2 Å². The van der Waals surface area contributed by atoms with E-state index in [-0.39, 0.29) is 0 Å². The Morgan fingerprint density at radius 1 is 1.28 bits per heavy atom. The third kappa shape index (κ3) is 3.99. The third-order valence-electron chi connectivity index (χ3n) is 2.47. The Bertz CT molecular complexity index is 523. The summed E-state index contributed by atoms with van der Waals surface area (Å²) in [5.74, 6) is 0.601. The fraction of sp³-hybridized carbons (Fsp3) is 0.600. The van der Waals surface area contributed by atoms with Crippen LogP contribution in [0.5, 0.6) is 0 Å². The molecule has 1 aromatic heterocycles. The minimum absolute atomic E-state index is 0.346. The lowest BCUT2D eigenvalue weighted by atomic mass is 10.2. The molecule has 1 N–H and O–H groups in total. The summed E-state index contributed by atoms with van der Waals surface area (Å²) in [4.78, 5) is 34.2. The number of rotatable bonds is 7. The van der Waals surface area contributed by atoms with Crippen molar-refractivity contribution >= 4 is 17.3 Å². The summed E-state index contributed by atoms with van der Waals surface area (Å²) in [6.45, 7) is 0.346. The molecule has 0 spiro atoms. The normalized spacial score (nSPS) is 10.5. The number of nitrogens with one attached hydrogen (secondary N) is 1. The largest absolute Gasteiger partial charge is 0.350 e. The molecule has 0 atom stereocenters. The highest BCUT2D eigenvalue weighted by Crippen LogP contribution is 2.04. The Labute approximate surface area is 108 Å². The van der Waals surface area contributed by atoms with E-state index in [1.54, 1.807) is 0 Å². The second-order valence-electron chi connectivity index (χ2n) is 3.83. The maximum atomic E-state index is 11.4. The first-order valence-corrected chi connectivity index (χ1v) is 6.14. The van der Waals surface area contributed by atoms with Crippen LogP contribution in [0.25, 0.3) is 0 Å². The first kappa shape index (κ1) is 14.4. The Balaban J connectivity index is 2.71. The van der Waals surface area contributed by atoms with Gasteiger partial charge >= 0.3 is 16.9 Å². The molecule has 8 heteroatoms. The molecular formula is C10H14ClN3O4. The molecule has 0 aromatic carbocycles. The lowest BCUT2D eigenvalue weighted by Crippen LogP contribution is -2.30. The van der Waals surface area contributed by atoms with Gasteiger partial charge in [-0.1, -0.05) is 12.8 Å². The number of alkyl halides is 1. The van der Waals surface area contributed by atoms with E-state index in [1.165, 1.54) is 0 Å². The second kappa shape index (κ2) is 6.95. The van der Waals surface area contributed by atoms with E-state index < -0.39 is 21.9 Å². The lowest BCUT2D eigenvalue weighted by Gasteiger charge is -2.04. The van der Waals surface area contributed by atoms with E-state index in [0.29, 0.717) is 18.8 Å². The highest BCUT2D eigenvalue weighted by Gasteiger charge is 2.14. The van der Waals surface area contributed by atoms with Crippen molar-refractivity contribution in [1.29, 1.82) is 0 Å².